The van der Waals surface area contributed by atoms with Crippen molar-refractivity contribution in [1.82, 2.24) is 0 Å². The molecule has 0 aliphatic heterocycles. The van der Waals surface area contributed by atoms with Crippen LogP contribution in [0.3, 0.4) is 0 Å². The van der Waals surface area contributed by atoms with Gasteiger partial charge in [-0.15, -0.1) is 0 Å². The molecule has 6 nitrogen and oxygen atoms in total. The maximum absolute atomic E-state index is 10.6. The van der Waals surface area contributed by atoms with Gasteiger partial charge in [-0.2, -0.15) is 0 Å². The zero-order chi connectivity index (χ0) is 18.7. The molecule has 2 aromatic carbocycles. The fourth-order valence-electron chi connectivity index (χ4n) is 1.34. The molecular weight excluding hydrogens is 824 g/mol. The maximum atomic E-state index is 10.6. The Kier molecular flexibility index (Phi) is 11.1. The van der Waals surface area contributed by atoms with Crippen molar-refractivity contribution in [2.24, 2.45) is 0 Å². The number of benzene rings is 2. The third-order valence-electron chi connectivity index (χ3n) is 2.33. The van der Waals surface area contributed by atoms with Crippen molar-refractivity contribution in [3.63, 3.8) is 0 Å². The third kappa shape index (κ3) is 8.77. The molecule has 0 amide bonds. The number of hydrogen-bond donors (Lipinski definition) is 0. The van der Waals surface area contributed by atoms with E-state index >= 15 is 0 Å². The van der Waals surface area contributed by atoms with Gasteiger partial charge in [0.05, 0.1) is 9.79 Å². The van der Waals surface area contributed by atoms with Crippen molar-refractivity contribution < 1.29 is 53.6 Å². The van der Waals surface area contributed by atoms with E-state index in [4.69, 9.17) is 0 Å². The van der Waals surface area contributed by atoms with Crippen LogP contribution in [0.2, 0.25) is 0 Å². The maximum Gasteiger partial charge on any atom is 2.00 e. The van der Waals surface area contributed by atoms with E-state index in [9.17, 15) is 25.9 Å². The smallest absolute Gasteiger partial charge is 0.744 e. The average Bonchev–Trinajstić information content (AvgIpc) is 2.42. The van der Waals surface area contributed by atoms with Crippen LogP contribution < -0.4 is 0 Å². The van der Waals surface area contributed by atoms with Crippen molar-refractivity contribution in [2.45, 2.75) is 9.79 Å². The first-order chi connectivity index (χ1) is 10.8. The largest absolute Gasteiger partial charge is 2.00 e. The Labute approximate surface area is 199 Å². The van der Waals surface area contributed by atoms with Crippen molar-refractivity contribution >= 4 is 84.0 Å². The van der Waals surface area contributed by atoms with Gasteiger partial charge in [-0.25, -0.2) is 16.8 Å². The molecule has 0 unspecified atom stereocenters. The normalized spacial score (nSPS) is 11.1. The first kappa shape index (κ1) is 26.1. The van der Waals surface area contributed by atoms with Gasteiger partial charge in [-0.1, -0.05) is 31.9 Å². The molecule has 0 saturated carbocycles. The molecule has 0 spiro atoms. The summed E-state index contributed by atoms with van der Waals surface area (Å²) < 4.78 is 65.3. The van der Waals surface area contributed by atoms with Gasteiger partial charge in [0.15, 0.2) is 0 Å². The number of hydrogen-bond acceptors (Lipinski definition) is 6. The minimum absolute atomic E-state index is 0. The molecule has 0 heterocycles. The molecule has 2 aromatic rings. The molecule has 0 aromatic heterocycles. The summed E-state index contributed by atoms with van der Waals surface area (Å²) >= 11 is 12.1. The van der Waals surface area contributed by atoms with E-state index < -0.39 is 20.2 Å². The molecule has 25 heavy (non-hydrogen) atoms. The van der Waals surface area contributed by atoms with Gasteiger partial charge in [0.25, 0.3) is 0 Å². The minimum atomic E-state index is -4.38. The molecule has 0 radical (unpaired) electrons. The molecule has 0 aliphatic rings. The van der Waals surface area contributed by atoms with E-state index in [1.165, 1.54) is 24.3 Å². The molecule has 0 atom stereocenters. The van der Waals surface area contributed by atoms with Crippen molar-refractivity contribution in [1.29, 1.82) is 0 Å². The van der Waals surface area contributed by atoms with Crippen LogP contribution in [0.4, 0.5) is 0 Å². The average molecular weight is 831 g/mol. The molecule has 2 rings (SSSR count). The SMILES string of the molecule is O=S(=O)([O-])c1cc(Br)ccc1Br.O=S(=O)([O-])c1cc(Br)ccc1Br.[Hg+2]. The van der Waals surface area contributed by atoms with Crippen molar-refractivity contribution in [3.8, 4) is 0 Å². The summed E-state index contributed by atoms with van der Waals surface area (Å²) in [5.41, 5.74) is 0. The fraction of sp³-hybridized carbons (Fsp3) is 0. The molecule has 13 heteroatoms. The van der Waals surface area contributed by atoms with E-state index in [-0.39, 0.29) is 46.4 Å². The van der Waals surface area contributed by atoms with Crippen LogP contribution in [-0.4, -0.2) is 25.9 Å². The van der Waals surface area contributed by atoms with Crippen LogP contribution in [0.1, 0.15) is 0 Å². The van der Waals surface area contributed by atoms with Gasteiger partial charge in [0, 0.05) is 17.9 Å². The zero-order valence-corrected chi connectivity index (χ0v) is 25.4. The summed E-state index contributed by atoms with van der Waals surface area (Å²) in [6.45, 7) is 0. The molecule has 0 aliphatic carbocycles. The Hall–Kier alpha value is 1.12. The van der Waals surface area contributed by atoms with Gasteiger partial charge in [-0.3, -0.25) is 0 Å². The first-order valence-corrected chi connectivity index (χ1v) is 11.6. The van der Waals surface area contributed by atoms with E-state index in [0.29, 0.717) is 8.95 Å². The second kappa shape index (κ2) is 10.6. The number of rotatable bonds is 2. The predicted molar refractivity (Wildman–Crippen MR) is 99.6 cm³/mol. The summed E-state index contributed by atoms with van der Waals surface area (Å²) in [5, 5.41) is 0. The molecule has 132 valence electrons. The first-order valence-electron chi connectivity index (χ1n) is 5.64. The quantitative estimate of drug-likeness (QED) is 0.331. The van der Waals surface area contributed by atoms with Crippen LogP contribution in [0.5, 0.6) is 0 Å². The summed E-state index contributed by atoms with van der Waals surface area (Å²) in [4.78, 5) is -0.506. The Morgan fingerprint density at radius 1 is 0.640 bits per heavy atom. The summed E-state index contributed by atoms with van der Waals surface area (Å²) in [7, 11) is -8.77. The van der Waals surface area contributed by atoms with Crippen LogP contribution in [-0.2, 0) is 47.9 Å². The second-order valence-electron chi connectivity index (χ2n) is 4.06. The summed E-state index contributed by atoms with van der Waals surface area (Å²) in [6, 6.07) is 8.78. The van der Waals surface area contributed by atoms with Crippen molar-refractivity contribution in [3.05, 3.63) is 54.3 Å². The van der Waals surface area contributed by atoms with E-state index in [2.05, 4.69) is 63.7 Å². The van der Waals surface area contributed by atoms with Crippen LogP contribution in [0.15, 0.2) is 64.1 Å². The number of halogens is 4. The molecule has 0 bridgehead atoms. The van der Waals surface area contributed by atoms with E-state index in [0.717, 1.165) is 0 Å². The predicted octanol–water partition coefficient (Wildman–Crippen LogP) is 4.23. The zero-order valence-electron chi connectivity index (χ0n) is 11.9. The molecule has 0 N–H and O–H groups in total. The van der Waals surface area contributed by atoms with E-state index in [1.807, 2.05) is 0 Å². The summed E-state index contributed by atoms with van der Waals surface area (Å²) in [5.74, 6) is 0. The van der Waals surface area contributed by atoms with Gasteiger partial charge in [-0.05, 0) is 68.3 Å². The second-order valence-corrected chi connectivity index (χ2v) is 10.3. The van der Waals surface area contributed by atoms with Crippen LogP contribution in [0, 0.1) is 0 Å². The molecule has 0 saturated heterocycles. The Balaban J connectivity index is 0.000000443. The summed E-state index contributed by atoms with van der Waals surface area (Å²) in [6.07, 6.45) is 0. The standard InChI is InChI=1S/2C6H4Br2O3S.Hg/c2*7-4-1-2-5(8)6(3-4)12(9,10)11;/h2*1-3H,(H,9,10,11);/q;;+2/p-2. The van der Waals surface area contributed by atoms with E-state index in [1.54, 1.807) is 12.1 Å². The molecular formula is C12H6Br4HgO6S2. The van der Waals surface area contributed by atoms with Gasteiger partial charge in [0.2, 0.25) is 0 Å². The fourth-order valence-corrected chi connectivity index (χ4v) is 5.20. The van der Waals surface area contributed by atoms with Crippen LogP contribution in [0.25, 0.3) is 0 Å². The monoisotopic (exact) mass is 828 g/mol. The van der Waals surface area contributed by atoms with Gasteiger partial charge >= 0.3 is 27.7 Å². The van der Waals surface area contributed by atoms with Crippen molar-refractivity contribution in [2.75, 3.05) is 0 Å². The topological polar surface area (TPSA) is 114 Å². The van der Waals surface area contributed by atoms with Gasteiger partial charge in [0.1, 0.15) is 20.2 Å². The van der Waals surface area contributed by atoms with Gasteiger partial charge < -0.3 is 9.11 Å². The van der Waals surface area contributed by atoms with Crippen LogP contribution >= 0.6 is 63.7 Å². The minimum Gasteiger partial charge on any atom is -0.744 e. The Morgan fingerprint density at radius 3 is 1.12 bits per heavy atom. The molecule has 0 fully saturated rings. The Morgan fingerprint density at radius 2 is 0.920 bits per heavy atom. The third-order valence-corrected chi connectivity index (χ3v) is 6.97. The Bertz CT molecular complexity index is 884.